The Kier molecular flexibility index (Phi) is 2.46. The van der Waals surface area contributed by atoms with E-state index in [9.17, 15) is 0 Å². The molecule has 20 heavy (non-hydrogen) atoms. The first-order chi connectivity index (χ1) is 9.83. The summed E-state index contributed by atoms with van der Waals surface area (Å²) in [6.07, 6.45) is 0. The fraction of sp³-hybridized carbons (Fsp3) is 0.0588. The molecule has 2 N–H and O–H groups in total. The Morgan fingerprint density at radius 1 is 0.750 bits per heavy atom. The molecular weight excluding hydrogens is 243 g/mol. The van der Waals surface area contributed by atoms with Gasteiger partial charge in [-0.3, -0.25) is 0 Å². The van der Waals surface area contributed by atoms with Crippen LogP contribution >= 0.6 is 0 Å². The van der Waals surface area contributed by atoms with Crippen molar-refractivity contribution in [2.75, 3.05) is 10.5 Å². The van der Waals surface area contributed by atoms with Crippen LogP contribution in [0.2, 0.25) is 0 Å². The van der Waals surface area contributed by atoms with Crippen LogP contribution in [0.3, 0.4) is 0 Å². The highest BCUT2D eigenvalue weighted by Crippen LogP contribution is 2.33. The lowest BCUT2D eigenvalue weighted by Gasteiger charge is -2.27. The minimum Gasteiger partial charge on any atom is -0.405 e. The first kappa shape index (κ1) is 11.4. The van der Waals surface area contributed by atoms with Crippen molar-refractivity contribution < 1.29 is 0 Å². The van der Waals surface area contributed by atoms with Crippen LogP contribution in [0, 0.1) is 6.92 Å². The minimum absolute atomic E-state index is 0.122. The van der Waals surface area contributed by atoms with Gasteiger partial charge in [0.2, 0.25) is 0 Å². The predicted molar refractivity (Wildman–Crippen MR) is 87.8 cm³/mol. The molecule has 0 fully saturated rings. The molecule has 0 radical (unpaired) electrons. The maximum Gasteiger partial charge on any atom is 0.406 e. The van der Waals surface area contributed by atoms with Gasteiger partial charge in [-0.2, -0.15) is 0 Å². The van der Waals surface area contributed by atoms with E-state index in [2.05, 4.69) is 78.0 Å². The number of hydrogen-bond acceptors (Lipinski definition) is 2. The molecule has 0 aromatic heterocycles. The van der Waals surface area contributed by atoms with Crippen molar-refractivity contribution in [1.82, 2.24) is 0 Å². The minimum atomic E-state index is 0.122. The van der Waals surface area contributed by atoms with Gasteiger partial charge in [0, 0.05) is 16.8 Å². The van der Waals surface area contributed by atoms with Crippen LogP contribution in [0.15, 0.2) is 60.7 Å². The first-order valence-corrected chi connectivity index (χ1v) is 6.93. The van der Waals surface area contributed by atoms with Crippen molar-refractivity contribution in [2.45, 2.75) is 6.92 Å². The number of aryl methyl sites for hydroxylation is 1. The van der Waals surface area contributed by atoms with E-state index in [0.717, 1.165) is 0 Å². The number of nitrogens with one attached hydrogen (secondary N) is 2. The van der Waals surface area contributed by atoms with Gasteiger partial charge in [0.15, 0.2) is 0 Å². The lowest BCUT2D eigenvalue weighted by molar-refractivity contribution is 1.49. The monoisotopic (exact) mass is 258 g/mol. The van der Waals surface area contributed by atoms with Gasteiger partial charge >= 0.3 is 6.98 Å². The summed E-state index contributed by atoms with van der Waals surface area (Å²) in [6.45, 7) is 2.27. The maximum absolute atomic E-state index is 3.61. The van der Waals surface area contributed by atoms with Gasteiger partial charge in [-0.1, -0.05) is 54.1 Å². The Labute approximate surface area is 118 Å². The lowest BCUT2D eigenvalue weighted by Crippen LogP contribution is -2.48. The Morgan fingerprint density at radius 3 is 2.05 bits per heavy atom. The first-order valence-electron chi connectivity index (χ1n) is 6.93. The topological polar surface area (TPSA) is 24.1 Å². The zero-order valence-electron chi connectivity index (χ0n) is 11.4. The summed E-state index contributed by atoms with van der Waals surface area (Å²) in [5.41, 5.74) is 4.98. The van der Waals surface area contributed by atoms with E-state index >= 15 is 0 Å². The van der Waals surface area contributed by atoms with Gasteiger partial charge in [-0.05, 0) is 29.9 Å². The molecule has 0 amide bonds. The second-order valence-electron chi connectivity index (χ2n) is 5.29. The van der Waals surface area contributed by atoms with Gasteiger partial charge in [0.05, 0.1) is 0 Å². The maximum atomic E-state index is 3.61. The molecule has 1 heterocycles. The van der Waals surface area contributed by atoms with Gasteiger partial charge in [-0.25, -0.2) is 0 Å². The lowest BCUT2D eigenvalue weighted by atomic mass is 9.64. The van der Waals surface area contributed by atoms with E-state index in [-0.39, 0.29) is 6.98 Å². The molecule has 2 nitrogen and oxygen atoms in total. The second kappa shape index (κ2) is 4.31. The zero-order valence-corrected chi connectivity index (χ0v) is 11.4. The third-order valence-corrected chi connectivity index (χ3v) is 4.00. The summed E-state index contributed by atoms with van der Waals surface area (Å²) in [7, 11) is 0. The fourth-order valence-electron chi connectivity index (χ4n) is 2.99. The highest BCUT2D eigenvalue weighted by molar-refractivity contribution is 6.80. The molecule has 1 aliphatic heterocycles. The molecule has 3 aromatic rings. The predicted octanol–water partition coefficient (Wildman–Crippen LogP) is 3.38. The largest absolute Gasteiger partial charge is 0.406 e. The van der Waals surface area contributed by atoms with Gasteiger partial charge in [-0.15, -0.1) is 0 Å². The molecule has 0 unspecified atom stereocenters. The number of hydrogen-bond donors (Lipinski definition) is 2. The van der Waals surface area contributed by atoms with Gasteiger partial charge < -0.3 is 10.5 Å². The third kappa shape index (κ3) is 1.67. The standard InChI is InChI=1S/C17H15BN2/c1-12-6-2-3-9-14(12)18-19-15-10-4-7-13-8-5-11-16(20-18)17(13)15/h2-11,19-20H,1H3. The smallest absolute Gasteiger partial charge is 0.405 e. The highest BCUT2D eigenvalue weighted by Gasteiger charge is 2.26. The summed E-state index contributed by atoms with van der Waals surface area (Å²) >= 11 is 0. The van der Waals surface area contributed by atoms with E-state index in [1.807, 2.05) is 0 Å². The average molecular weight is 258 g/mol. The normalized spacial score (nSPS) is 12.9. The quantitative estimate of drug-likeness (QED) is 0.654. The molecule has 4 rings (SSSR count). The highest BCUT2D eigenvalue weighted by atomic mass is 15.0. The number of anilines is 2. The van der Waals surface area contributed by atoms with Crippen LogP contribution in [0.25, 0.3) is 10.8 Å². The van der Waals surface area contributed by atoms with Crippen LogP contribution in [0.4, 0.5) is 11.4 Å². The number of benzene rings is 3. The molecular formula is C17H15BN2. The van der Waals surface area contributed by atoms with Crippen molar-refractivity contribution in [3.8, 4) is 0 Å². The van der Waals surface area contributed by atoms with Crippen LogP contribution < -0.4 is 15.9 Å². The summed E-state index contributed by atoms with van der Waals surface area (Å²) in [5, 5.41) is 9.76. The van der Waals surface area contributed by atoms with E-state index in [1.54, 1.807) is 0 Å². The van der Waals surface area contributed by atoms with Crippen LogP contribution in [0.1, 0.15) is 5.56 Å². The SMILES string of the molecule is Cc1ccccc1B1Nc2cccc3cccc(c23)N1. The third-order valence-electron chi connectivity index (χ3n) is 4.00. The molecule has 0 atom stereocenters. The van der Waals surface area contributed by atoms with Gasteiger partial charge in [0.1, 0.15) is 0 Å². The molecule has 1 aliphatic rings. The van der Waals surface area contributed by atoms with Crippen LogP contribution in [-0.4, -0.2) is 6.98 Å². The summed E-state index contributed by atoms with van der Waals surface area (Å²) < 4.78 is 0. The summed E-state index contributed by atoms with van der Waals surface area (Å²) in [4.78, 5) is 0. The van der Waals surface area contributed by atoms with Crippen molar-refractivity contribution in [1.29, 1.82) is 0 Å². The summed E-state index contributed by atoms with van der Waals surface area (Å²) in [6, 6.07) is 21.3. The van der Waals surface area contributed by atoms with E-state index < -0.39 is 0 Å². The van der Waals surface area contributed by atoms with Crippen molar-refractivity contribution >= 4 is 34.6 Å². The Balaban J connectivity index is 1.86. The Bertz CT molecular complexity index is 757. The fourth-order valence-corrected chi connectivity index (χ4v) is 2.99. The van der Waals surface area contributed by atoms with E-state index in [1.165, 1.54) is 33.2 Å². The number of rotatable bonds is 1. The molecule has 0 saturated heterocycles. The van der Waals surface area contributed by atoms with Crippen LogP contribution in [-0.2, 0) is 0 Å². The average Bonchev–Trinajstić information content (AvgIpc) is 2.48. The Morgan fingerprint density at radius 2 is 1.40 bits per heavy atom. The van der Waals surface area contributed by atoms with Crippen LogP contribution in [0.5, 0.6) is 0 Å². The van der Waals surface area contributed by atoms with Gasteiger partial charge in [0.25, 0.3) is 0 Å². The van der Waals surface area contributed by atoms with Crippen molar-refractivity contribution in [3.05, 3.63) is 66.2 Å². The van der Waals surface area contributed by atoms with Crippen molar-refractivity contribution in [2.24, 2.45) is 0 Å². The Hall–Kier alpha value is -2.42. The van der Waals surface area contributed by atoms with Crippen molar-refractivity contribution in [3.63, 3.8) is 0 Å². The molecule has 3 heteroatoms. The molecule has 0 saturated carbocycles. The zero-order chi connectivity index (χ0) is 13.5. The molecule has 96 valence electrons. The molecule has 0 bridgehead atoms. The van der Waals surface area contributed by atoms with E-state index in [4.69, 9.17) is 0 Å². The molecule has 0 spiro atoms. The molecule has 0 aliphatic carbocycles. The molecule has 3 aromatic carbocycles. The summed E-state index contributed by atoms with van der Waals surface area (Å²) in [5.74, 6) is 0. The van der Waals surface area contributed by atoms with E-state index in [0.29, 0.717) is 0 Å². The second-order valence-corrected chi connectivity index (χ2v) is 5.29.